The van der Waals surface area contributed by atoms with E-state index >= 15 is 0 Å². The molecule has 0 radical (unpaired) electrons. The van der Waals surface area contributed by atoms with E-state index in [1.807, 2.05) is 12.2 Å². The Bertz CT molecular complexity index is 110. The number of hydrogen-bond donors (Lipinski definition) is 0. The van der Waals surface area contributed by atoms with Crippen molar-refractivity contribution >= 4 is 14.6 Å². The van der Waals surface area contributed by atoms with Gasteiger partial charge in [0, 0.05) is 6.21 Å². The van der Waals surface area contributed by atoms with Crippen LogP contribution in [0.1, 0.15) is 0 Å². The van der Waals surface area contributed by atoms with E-state index in [0.29, 0.717) is 0 Å². The minimum atomic E-state index is 0. The van der Waals surface area contributed by atoms with Crippen LogP contribution >= 0.6 is 0 Å². The highest BCUT2D eigenvalue weighted by Crippen LogP contribution is 1.97. The molecular formula is C5H8BN. The van der Waals surface area contributed by atoms with E-state index in [1.54, 1.807) is 6.21 Å². The second-order valence-corrected chi connectivity index (χ2v) is 1.13. The van der Waals surface area contributed by atoms with Gasteiger partial charge in [0.25, 0.3) is 0 Å². The molecule has 1 aliphatic rings. The lowest BCUT2D eigenvalue weighted by Gasteiger charge is -1.71. The Balaban J connectivity index is 0.000000360. The Kier molecular flexibility index (Phi) is 2.13. The first-order chi connectivity index (χ1) is 2.89. The smallest absolute Gasteiger partial charge is 0.0814 e. The van der Waals surface area contributed by atoms with Crippen molar-refractivity contribution in [2.45, 2.75) is 0 Å². The van der Waals surface area contributed by atoms with Gasteiger partial charge in [-0.2, -0.15) is 0 Å². The van der Waals surface area contributed by atoms with Crippen molar-refractivity contribution < 1.29 is 0 Å². The highest BCUT2D eigenvalue weighted by Gasteiger charge is 1.81. The van der Waals surface area contributed by atoms with E-state index in [0.717, 1.165) is 5.70 Å². The lowest BCUT2D eigenvalue weighted by molar-refractivity contribution is 1.50. The number of hydrogen-bond acceptors (Lipinski definition) is 1. The maximum atomic E-state index is 3.81. The summed E-state index contributed by atoms with van der Waals surface area (Å²) in [6.45, 7) is 3.57. The van der Waals surface area contributed by atoms with Gasteiger partial charge in [0.05, 0.1) is 14.1 Å². The van der Waals surface area contributed by atoms with Gasteiger partial charge in [0.15, 0.2) is 0 Å². The molecule has 0 aromatic carbocycles. The molecule has 0 amide bonds. The zero-order valence-electron chi connectivity index (χ0n) is 3.39. The average Bonchev–Trinajstić information content (AvgIpc) is 1.86. The maximum Gasteiger partial charge on any atom is 0.0814 e. The van der Waals surface area contributed by atoms with Gasteiger partial charge in [-0.3, -0.25) is 4.99 Å². The van der Waals surface area contributed by atoms with Crippen LogP contribution in [0.15, 0.2) is 29.4 Å². The largest absolute Gasteiger partial charge is 0.258 e. The molecule has 0 aliphatic carbocycles. The van der Waals surface area contributed by atoms with Crippen LogP contribution in [0.2, 0.25) is 0 Å². The Morgan fingerprint density at radius 1 is 1.57 bits per heavy atom. The van der Waals surface area contributed by atoms with Gasteiger partial charge in [-0.1, -0.05) is 6.58 Å². The molecule has 0 bridgehead atoms. The fourth-order valence-corrected chi connectivity index (χ4v) is 0.336. The van der Waals surface area contributed by atoms with Crippen molar-refractivity contribution in [2.75, 3.05) is 0 Å². The van der Waals surface area contributed by atoms with Crippen molar-refractivity contribution in [3.63, 3.8) is 0 Å². The van der Waals surface area contributed by atoms with Gasteiger partial charge in [-0.15, -0.1) is 0 Å². The van der Waals surface area contributed by atoms with Crippen molar-refractivity contribution in [2.24, 2.45) is 4.99 Å². The molecule has 36 valence electrons. The third-order valence-electron chi connectivity index (χ3n) is 0.615. The first-order valence-corrected chi connectivity index (χ1v) is 1.79. The van der Waals surface area contributed by atoms with Crippen molar-refractivity contribution in [1.29, 1.82) is 0 Å². The van der Waals surface area contributed by atoms with Crippen molar-refractivity contribution in [3.8, 4) is 0 Å². The molecule has 2 heteroatoms. The fourth-order valence-electron chi connectivity index (χ4n) is 0.336. The topological polar surface area (TPSA) is 12.4 Å². The van der Waals surface area contributed by atoms with Crippen LogP contribution in [-0.4, -0.2) is 14.6 Å². The SMILES string of the molecule is B.C=C1C=CC=N1. The fraction of sp³-hybridized carbons (Fsp3) is 0. The van der Waals surface area contributed by atoms with Crippen LogP contribution in [0.5, 0.6) is 0 Å². The monoisotopic (exact) mass is 93.1 g/mol. The highest BCUT2D eigenvalue weighted by atomic mass is 14.7. The minimum absolute atomic E-state index is 0. The average molecular weight is 92.9 g/mol. The molecule has 0 saturated carbocycles. The molecular weight excluding hydrogens is 84.9 g/mol. The molecule has 0 saturated heterocycles. The lowest BCUT2D eigenvalue weighted by atomic mass is 10.5. The van der Waals surface area contributed by atoms with E-state index < -0.39 is 0 Å². The summed E-state index contributed by atoms with van der Waals surface area (Å²) in [6, 6.07) is 0. The summed E-state index contributed by atoms with van der Waals surface area (Å²) >= 11 is 0. The van der Waals surface area contributed by atoms with Gasteiger partial charge in [-0.05, 0) is 12.2 Å². The summed E-state index contributed by atoms with van der Waals surface area (Å²) in [5, 5.41) is 0. The van der Waals surface area contributed by atoms with Crippen LogP contribution in [0.3, 0.4) is 0 Å². The lowest BCUT2D eigenvalue weighted by Crippen LogP contribution is -1.51. The van der Waals surface area contributed by atoms with Crippen LogP contribution < -0.4 is 0 Å². The predicted molar refractivity (Wildman–Crippen MR) is 36.7 cm³/mol. The van der Waals surface area contributed by atoms with Gasteiger partial charge in [0.2, 0.25) is 0 Å². The molecule has 1 aliphatic heterocycles. The van der Waals surface area contributed by atoms with E-state index in [9.17, 15) is 0 Å². The molecule has 1 rings (SSSR count). The number of rotatable bonds is 0. The first kappa shape index (κ1) is 6.21. The summed E-state index contributed by atoms with van der Waals surface area (Å²) in [4.78, 5) is 3.81. The van der Waals surface area contributed by atoms with Crippen molar-refractivity contribution in [3.05, 3.63) is 24.4 Å². The Morgan fingerprint density at radius 2 is 2.29 bits per heavy atom. The summed E-state index contributed by atoms with van der Waals surface area (Å²) in [5.41, 5.74) is 0.843. The molecule has 7 heavy (non-hydrogen) atoms. The van der Waals surface area contributed by atoms with Gasteiger partial charge < -0.3 is 0 Å². The standard InChI is InChI=1S/C5H5N.BH3/c1-5-3-2-4-6-5;/h2-4H,1H2;1H3. The summed E-state index contributed by atoms with van der Waals surface area (Å²) in [5.74, 6) is 0. The van der Waals surface area contributed by atoms with Crippen LogP contribution in [0, 0.1) is 0 Å². The zero-order chi connectivity index (χ0) is 4.41. The quantitative estimate of drug-likeness (QED) is 0.372. The Hall–Kier alpha value is -0.785. The molecule has 0 aromatic rings. The second kappa shape index (κ2) is 2.40. The third kappa shape index (κ3) is 1.40. The number of aliphatic imine (C=N–C) groups is 1. The van der Waals surface area contributed by atoms with Gasteiger partial charge >= 0.3 is 0 Å². The predicted octanol–water partition coefficient (Wildman–Crippen LogP) is -0.0432. The zero-order valence-corrected chi connectivity index (χ0v) is 3.39. The van der Waals surface area contributed by atoms with Gasteiger partial charge in [-0.25, -0.2) is 0 Å². The third-order valence-corrected chi connectivity index (χ3v) is 0.615. The normalized spacial score (nSPS) is 14.6. The summed E-state index contributed by atoms with van der Waals surface area (Å²) in [6.07, 6.45) is 5.45. The molecule has 0 aromatic heterocycles. The Labute approximate surface area is 45.0 Å². The molecule has 0 atom stereocenters. The van der Waals surface area contributed by atoms with E-state index in [1.165, 1.54) is 0 Å². The number of nitrogens with zero attached hydrogens (tertiary/aromatic N) is 1. The number of allylic oxidation sites excluding steroid dienone is 2. The molecule has 0 N–H and O–H groups in total. The van der Waals surface area contributed by atoms with Crippen LogP contribution in [0.25, 0.3) is 0 Å². The second-order valence-electron chi connectivity index (χ2n) is 1.13. The van der Waals surface area contributed by atoms with E-state index in [4.69, 9.17) is 0 Å². The summed E-state index contributed by atoms with van der Waals surface area (Å²) < 4.78 is 0. The molecule has 1 nitrogen and oxygen atoms in total. The Morgan fingerprint density at radius 3 is 2.43 bits per heavy atom. The minimum Gasteiger partial charge on any atom is -0.258 e. The molecule has 0 fully saturated rings. The van der Waals surface area contributed by atoms with Crippen LogP contribution in [0.4, 0.5) is 0 Å². The highest BCUT2D eigenvalue weighted by molar-refractivity contribution is 5.76. The van der Waals surface area contributed by atoms with E-state index in [-0.39, 0.29) is 8.41 Å². The molecule has 0 unspecified atom stereocenters. The maximum absolute atomic E-state index is 3.81. The summed E-state index contributed by atoms with van der Waals surface area (Å²) in [7, 11) is 0. The van der Waals surface area contributed by atoms with Crippen molar-refractivity contribution in [1.82, 2.24) is 0 Å². The van der Waals surface area contributed by atoms with Gasteiger partial charge in [0.1, 0.15) is 0 Å². The molecule has 1 heterocycles. The van der Waals surface area contributed by atoms with Crippen LogP contribution in [-0.2, 0) is 0 Å². The first-order valence-electron chi connectivity index (χ1n) is 1.79. The molecule has 0 spiro atoms. The van der Waals surface area contributed by atoms with E-state index in [2.05, 4.69) is 11.6 Å².